The lowest BCUT2D eigenvalue weighted by Gasteiger charge is -2.20. The summed E-state index contributed by atoms with van der Waals surface area (Å²) in [5, 5.41) is 4.91. The first-order valence-electron chi connectivity index (χ1n) is 8.41. The van der Waals surface area contributed by atoms with Crippen molar-refractivity contribution in [2.75, 3.05) is 26.0 Å². The molecule has 1 aliphatic rings. The lowest BCUT2D eigenvalue weighted by molar-refractivity contribution is -0.128. The van der Waals surface area contributed by atoms with Crippen LogP contribution in [0.1, 0.15) is 11.5 Å². The second-order valence-corrected chi connectivity index (χ2v) is 6.41. The van der Waals surface area contributed by atoms with Gasteiger partial charge in [0.15, 0.2) is 0 Å². The van der Waals surface area contributed by atoms with Crippen molar-refractivity contribution in [1.29, 1.82) is 0 Å². The van der Waals surface area contributed by atoms with Gasteiger partial charge in [0.2, 0.25) is 5.91 Å². The zero-order valence-electron chi connectivity index (χ0n) is 15.1. The van der Waals surface area contributed by atoms with Gasteiger partial charge in [-0.3, -0.25) is 4.79 Å². The number of halogens is 3. The van der Waals surface area contributed by atoms with Gasteiger partial charge in [0.25, 0.3) is 0 Å². The number of carbonyl (C=O) groups is 2. The van der Waals surface area contributed by atoms with Crippen molar-refractivity contribution in [3.8, 4) is 5.75 Å². The van der Waals surface area contributed by atoms with Gasteiger partial charge in [0, 0.05) is 42.9 Å². The standard InChI is InChI=1S/C19H18F3N3O3/c1-25-9-13(16-14(21)7-12(28-2)8-15(16)22)17(18(25)26)24-19(27)23-11-5-3-10(20)4-6-11/h3-8,13,17H,9H2,1-2H3,(H2,23,24,27)/t13-,17-/m0/s1. The van der Waals surface area contributed by atoms with Gasteiger partial charge < -0.3 is 20.3 Å². The van der Waals surface area contributed by atoms with E-state index in [0.717, 1.165) is 24.3 Å². The summed E-state index contributed by atoms with van der Waals surface area (Å²) in [6, 6.07) is 5.15. The molecule has 3 rings (SSSR count). The van der Waals surface area contributed by atoms with Crippen LogP contribution < -0.4 is 15.4 Å². The lowest BCUT2D eigenvalue weighted by Crippen LogP contribution is -2.45. The minimum absolute atomic E-state index is 0.00925. The van der Waals surface area contributed by atoms with E-state index in [2.05, 4.69) is 10.6 Å². The summed E-state index contributed by atoms with van der Waals surface area (Å²) in [4.78, 5) is 26.0. The van der Waals surface area contributed by atoms with Gasteiger partial charge in [-0.05, 0) is 24.3 Å². The minimum atomic E-state index is -1.16. The first kappa shape index (κ1) is 19.5. The van der Waals surface area contributed by atoms with Crippen molar-refractivity contribution in [2.24, 2.45) is 0 Å². The molecule has 0 unspecified atom stereocenters. The third-order valence-electron chi connectivity index (χ3n) is 4.56. The van der Waals surface area contributed by atoms with E-state index in [1.807, 2.05) is 0 Å². The highest BCUT2D eigenvalue weighted by Crippen LogP contribution is 2.33. The number of amides is 3. The fourth-order valence-corrected chi connectivity index (χ4v) is 3.20. The van der Waals surface area contributed by atoms with Crippen LogP contribution in [-0.4, -0.2) is 43.6 Å². The second kappa shape index (κ2) is 7.79. The lowest BCUT2D eigenvalue weighted by atomic mass is 9.93. The van der Waals surface area contributed by atoms with Crippen molar-refractivity contribution in [3.05, 3.63) is 59.4 Å². The molecule has 2 N–H and O–H groups in total. The maximum absolute atomic E-state index is 14.5. The van der Waals surface area contributed by atoms with E-state index in [9.17, 15) is 22.8 Å². The van der Waals surface area contributed by atoms with Gasteiger partial charge in [-0.2, -0.15) is 0 Å². The van der Waals surface area contributed by atoms with Crippen LogP contribution in [0, 0.1) is 17.5 Å². The molecule has 28 heavy (non-hydrogen) atoms. The van der Waals surface area contributed by atoms with Gasteiger partial charge in [0.1, 0.15) is 29.2 Å². The quantitative estimate of drug-likeness (QED) is 0.839. The van der Waals surface area contributed by atoms with Crippen molar-refractivity contribution >= 4 is 17.6 Å². The molecule has 0 aliphatic carbocycles. The SMILES string of the molecule is COc1cc(F)c([C@@H]2CN(C)C(=O)[C@H]2NC(=O)Nc2ccc(F)cc2)c(F)c1. The number of carbonyl (C=O) groups excluding carboxylic acids is 2. The first-order valence-corrected chi connectivity index (χ1v) is 8.41. The third-order valence-corrected chi connectivity index (χ3v) is 4.56. The van der Waals surface area contributed by atoms with Crippen LogP contribution in [0.15, 0.2) is 36.4 Å². The number of nitrogens with zero attached hydrogens (tertiary/aromatic N) is 1. The molecule has 1 fully saturated rings. The number of nitrogens with one attached hydrogen (secondary N) is 2. The molecule has 2 aromatic rings. The maximum atomic E-state index is 14.5. The molecule has 2 aromatic carbocycles. The number of hydrogen-bond donors (Lipinski definition) is 2. The van der Waals surface area contributed by atoms with E-state index in [4.69, 9.17) is 4.74 Å². The van der Waals surface area contributed by atoms with Gasteiger partial charge >= 0.3 is 6.03 Å². The number of ether oxygens (including phenoxy) is 1. The van der Waals surface area contributed by atoms with Crippen LogP contribution in [0.2, 0.25) is 0 Å². The molecule has 0 aromatic heterocycles. The predicted molar refractivity (Wildman–Crippen MR) is 95.6 cm³/mol. The van der Waals surface area contributed by atoms with Crippen molar-refractivity contribution < 1.29 is 27.5 Å². The van der Waals surface area contributed by atoms with Gasteiger partial charge in [-0.25, -0.2) is 18.0 Å². The Bertz CT molecular complexity index is 882. The molecule has 1 heterocycles. The molecule has 0 spiro atoms. The molecule has 6 nitrogen and oxygen atoms in total. The maximum Gasteiger partial charge on any atom is 0.319 e. The summed E-state index contributed by atoms with van der Waals surface area (Å²) in [5.74, 6) is -3.60. The molecule has 3 amide bonds. The molecular formula is C19H18F3N3O3. The fourth-order valence-electron chi connectivity index (χ4n) is 3.20. The van der Waals surface area contributed by atoms with E-state index in [0.29, 0.717) is 5.69 Å². The number of methoxy groups -OCH3 is 1. The Hall–Kier alpha value is -3.23. The number of likely N-dealkylation sites (tertiary alicyclic amines) is 1. The molecule has 9 heteroatoms. The van der Waals surface area contributed by atoms with Crippen LogP contribution in [-0.2, 0) is 4.79 Å². The Morgan fingerprint density at radius 2 is 1.75 bits per heavy atom. The average Bonchev–Trinajstić information content (AvgIpc) is 2.91. The molecule has 0 bridgehead atoms. The Morgan fingerprint density at radius 3 is 2.32 bits per heavy atom. The van der Waals surface area contributed by atoms with Crippen molar-refractivity contribution in [1.82, 2.24) is 10.2 Å². The molecule has 2 atom stereocenters. The van der Waals surface area contributed by atoms with E-state index in [1.54, 1.807) is 0 Å². The Labute approximate surface area is 159 Å². The minimum Gasteiger partial charge on any atom is -0.497 e. The Kier molecular flexibility index (Phi) is 5.43. The number of anilines is 1. The number of urea groups is 1. The highest BCUT2D eigenvalue weighted by atomic mass is 19.1. The zero-order chi connectivity index (χ0) is 20.4. The molecule has 148 valence electrons. The van der Waals surface area contributed by atoms with E-state index < -0.39 is 41.3 Å². The third kappa shape index (κ3) is 3.88. The van der Waals surface area contributed by atoms with Crippen LogP contribution in [0.5, 0.6) is 5.75 Å². The van der Waals surface area contributed by atoms with Crippen LogP contribution in [0.4, 0.5) is 23.7 Å². The topological polar surface area (TPSA) is 70.7 Å². The van der Waals surface area contributed by atoms with Gasteiger partial charge in [-0.1, -0.05) is 0 Å². The molecule has 0 saturated carbocycles. The van der Waals surface area contributed by atoms with Gasteiger partial charge in [0.05, 0.1) is 7.11 Å². The smallest absolute Gasteiger partial charge is 0.319 e. The first-order chi connectivity index (χ1) is 13.3. The normalized spacial score (nSPS) is 18.9. The largest absolute Gasteiger partial charge is 0.497 e. The number of likely N-dealkylation sites (N-methyl/N-ethyl adjacent to an activating group) is 1. The highest BCUT2D eigenvalue weighted by Gasteiger charge is 2.43. The monoisotopic (exact) mass is 393 g/mol. The summed E-state index contributed by atoms with van der Waals surface area (Å²) < 4.78 is 46.8. The summed E-state index contributed by atoms with van der Waals surface area (Å²) >= 11 is 0. The molecular weight excluding hydrogens is 375 g/mol. The molecule has 0 radical (unpaired) electrons. The summed E-state index contributed by atoms with van der Waals surface area (Å²) in [7, 11) is 2.76. The number of benzene rings is 2. The van der Waals surface area contributed by atoms with E-state index in [-0.39, 0.29) is 17.9 Å². The van der Waals surface area contributed by atoms with E-state index in [1.165, 1.54) is 31.2 Å². The highest BCUT2D eigenvalue weighted by molar-refractivity contribution is 5.95. The number of rotatable bonds is 4. The van der Waals surface area contributed by atoms with Crippen molar-refractivity contribution in [2.45, 2.75) is 12.0 Å². The zero-order valence-corrected chi connectivity index (χ0v) is 15.1. The van der Waals surface area contributed by atoms with E-state index >= 15 is 0 Å². The second-order valence-electron chi connectivity index (χ2n) is 6.41. The fraction of sp³-hybridized carbons (Fsp3) is 0.263. The number of hydrogen-bond acceptors (Lipinski definition) is 3. The predicted octanol–water partition coefficient (Wildman–Crippen LogP) is 2.86. The summed E-state index contributed by atoms with van der Waals surface area (Å²) in [6.07, 6.45) is 0. The average molecular weight is 393 g/mol. The van der Waals surface area contributed by atoms with Crippen molar-refractivity contribution in [3.63, 3.8) is 0 Å². The van der Waals surface area contributed by atoms with Crippen LogP contribution in [0.3, 0.4) is 0 Å². The molecule has 1 saturated heterocycles. The van der Waals surface area contributed by atoms with Crippen LogP contribution in [0.25, 0.3) is 0 Å². The Balaban J connectivity index is 1.83. The van der Waals surface area contributed by atoms with Crippen LogP contribution >= 0.6 is 0 Å². The summed E-state index contributed by atoms with van der Waals surface area (Å²) in [5.41, 5.74) is 0.00152. The van der Waals surface area contributed by atoms with Gasteiger partial charge in [-0.15, -0.1) is 0 Å². The Morgan fingerprint density at radius 1 is 1.14 bits per heavy atom. The molecule has 1 aliphatic heterocycles. The summed E-state index contributed by atoms with van der Waals surface area (Å²) in [6.45, 7) is 0.0283.